The zero-order valence-corrected chi connectivity index (χ0v) is 12.7. The Labute approximate surface area is 117 Å². The average molecular weight is 274 g/mol. The molecule has 0 amide bonds. The predicted molar refractivity (Wildman–Crippen MR) is 75.1 cm³/mol. The van der Waals surface area contributed by atoms with Crippen LogP contribution in [0.5, 0.6) is 0 Å². The van der Waals surface area contributed by atoms with Gasteiger partial charge in [-0.05, 0) is 31.1 Å². The van der Waals surface area contributed by atoms with Crippen LogP contribution in [0.4, 0.5) is 0 Å². The van der Waals surface area contributed by atoms with E-state index in [4.69, 9.17) is 9.47 Å². The second kappa shape index (κ2) is 7.58. The Bertz CT molecular complexity index is 241. The number of aliphatic hydroxyl groups excluding tert-OH is 2. The van der Waals surface area contributed by atoms with Gasteiger partial charge < -0.3 is 19.7 Å². The molecule has 0 aliphatic carbocycles. The maximum Gasteiger partial charge on any atom is 0.0883 e. The molecule has 0 spiro atoms. The zero-order chi connectivity index (χ0) is 14.4. The summed E-state index contributed by atoms with van der Waals surface area (Å²) in [4.78, 5) is 0. The molecule has 1 fully saturated rings. The molecule has 0 radical (unpaired) electrons. The van der Waals surface area contributed by atoms with Gasteiger partial charge in [0.2, 0.25) is 0 Å². The molecule has 4 heteroatoms. The minimum Gasteiger partial charge on any atom is -0.396 e. The largest absolute Gasteiger partial charge is 0.396 e. The predicted octanol–water partition coefficient (Wildman–Crippen LogP) is 1.98. The van der Waals surface area contributed by atoms with Crippen molar-refractivity contribution in [2.24, 2.45) is 10.8 Å². The fourth-order valence-corrected chi connectivity index (χ4v) is 2.65. The monoisotopic (exact) mass is 274 g/mol. The lowest BCUT2D eigenvalue weighted by atomic mass is 9.78. The molecule has 3 unspecified atom stereocenters. The van der Waals surface area contributed by atoms with Crippen LogP contribution in [0.25, 0.3) is 0 Å². The molecule has 19 heavy (non-hydrogen) atoms. The van der Waals surface area contributed by atoms with E-state index in [1.807, 2.05) is 6.92 Å². The first-order chi connectivity index (χ1) is 9.05. The molecule has 3 atom stereocenters. The van der Waals surface area contributed by atoms with Gasteiger partial charge in [-0.15, -0.1) is 0 Å². The van der Waals surface area contributed by atoms with Crippen LogP contribution < -0.4 is 0 Å². The summed E-state index contributed by atoms with van der Waals surface area (Å²) < 4.78 is 11.8. The third-order valence-corrected chi connectivity index (χ3v) is 4.97. The molecule has 1 saturated heterocycles. The van der Waals surface area contributed by atoms with Gasteiger partial charge in [-0.2, -0.15) is 0 Å². The summed E-state index contributed by atoms with van der Waals surface area (Å²) in [5.41, 5.74) is -0.190. The fourth-order valence-electron chi connectivity index (χ4n) is 2.65. The van der Waals surface area contributed by atoms with Crippen molar-refractivity contribution in [1.29, 1.82) is 0 Å². The van der Waals surface area contributed by atoms with E-state index < -0.39 is 0 Å². The van der Waals surface area contributed by atoms with Crippen LogP contribution in [0.2, 0.25) is 0 Å². The van der Waals surface area contributed by atoms with Crippen LogP contribution >= 0.6 is 0 Å². The van der Waals surface area contributed by atoms with E-state index in [2.05, 4.69) is 13.8 Å². The summed E-state index contributed by atoms with van der Waals surface area (Å²) in [6.45, 7) is 8.45. The Morgan fingerprint density at radius 2 is 2.05 bits per heavy atom. The van der Waals surface area contributed by atoms with Crippen LogP contribution in [-0.2, 0) is 9.47 Å². The summed E-state index contributed by atoms with van der Waals surface area (Å²) >= 11 is 0. The van der Waals surface area contributed by atoms with Crippen LogP contribution in [0.15, 0.2) is 0 Å². The minimum atomic E-state index is -0.233. The molecule has 0 saturated carbocycles. The van der Waals surface area contributed by atoms with E-state index in [1.165, 1.54) is 0 Å². The average Bonchev–Trinajstić information content (AvgIpc) is 2.41. The van der Waals surface area contributed by atoms with Gasteiger partial charge in [0.1, 0.15) is 0 Å². The van der Waals surface area contributed by atoms with Gasteiger partial charge >= 0.3 is 0 Å². The van der Waals surface area contributed by atoms with Crippen molar-refractivity contribution in [3.63, 3.8) is 0 Å². The van der Waals surface area contributed by atoms with Crippen LogP contribution in [0, 0.1) is 10.8 Å². The Hall–Kier alpha value is -0.160. The first-order valence-electron chi connectivity index (χ1n) is 7.47. The second-order valence-corrected chi connectivity index (χ2v) is 6.12. The van der Waals surface area contributed by atoms with Gasteiger partial charge in [0.15, 0.2) is 0 Å². The molecule has 1 aliphatic rings. The smallest absolute Gasteiger partial charge is 0.0883 e. The van der Waals surface area contributed by atoms with Crippen molar-refractivity contribution in [1.82, 2.24) is 0 Å². The number of hydrogen-bond acceptors (Lipinski definition) is 4. The molecular weight excluding hydrogens is 244 g/mol. The first kappa shape index (κ1) is 16.9. The number of rotatable bonds is 6. The van der Waals surface area contributed by atoms with Crippen LogP contribution in [-0.4, -0.2) is 49.4 Å². The molecule has 0 aromatic heterocycles. The summed E-state index contributed by atoms with van der Waals surface area (Å²) in [6, 6.07) is 0. The first-order valence-corrected chi connectivity index (χ1v) is 7.47. The lowest BCUT2D eigenvalue weighted by Crippen LogP contribution is -2.44. The van der Waals surface area contributed by atoms with E-state index in [1.54, 1.807) is 0 Å². The zero-order valence-electron chi connectivity index (χ0n) is 12.7. The van der Waals surface area contributed by atoms with Crippen molar-refractivity contribution in [2.75, 3.05) is 33.0 Å². The summed E-state index contributed by atoms with van der Waals surface area (Å²) in [5, 5.41) is 18.8. The summed E-state index contributed by atoms with van der Waals surface area (Å²) in [7, 11) is 0. The molecule has 1 rings (SSSR count). The number of aliphatic hydroxyl groups is 2. The maximum absolute atomic E-state index is 9.56. The molecule has 0 aromatic rings. The molecule has 1 heterocycles. The highest BCUT2D eigenvalue weighted by Crippen LogP contribution is 2.35. The van der Waals surface area contributed by atoms with Crippen molar-refractivity contribution in [3.05, 3.63) is 0 Å². The van der Waals surface area contributed by atoms with Gasteiger partial charge in [0.05, 0.1) is 25.9 Å². The van der Waals surface area contributed by atoms with Gasteiger partial charge in [0.25, 0.3) is 0 Å². The van der Waals surface area contributed by atoms with E-state index >= 15 is 0 Å². The standard InChI is InChI=1S/C15H30O4/c1-4-14(3,11-17)13-10-18-12-15(5-2,6-8-16)7-9-19-13/h13,16-17H,4-12H2,1-3H3. The fraction of sp³-hybridized carbons (Fsp3) is 1.00. The normalized spacial score (nSPS) is 32.4. The van der Waals surface area contributed by atoms with E-state index in [9.17, 15) is 10.2 Å². The Balaban J connectivity index is 2.63. The molecular formula is C15H30O4. The number of ether oxygens (including phenoxy) is 2. The summed E-state index contributed by atoms with van der Waals surface area (Å²) in [5.74, 6) is 0. The molecule has 4 nitrogen and oxygen atoms in total. The highest BCUT2D eigenvalue weighted by molar-refractivity contribution is 4.85. The second-order valence-electron chi connectivity index (χ2n) is 6.12. The molecule has 2 N–H and O–H groups in total. The van der Waals surface area contributed by atoms with E-state index in [0.29, 0.717) is 19.8 Å². The van der Waals surface area contributed by atoms with Gasteiger partial charge in [-0.25, -0.2) is 0 Å². The van der Waals surface area contributed by atoms with Crippen LogP contribution in [0.3, 0.4) is 0 Å². The highest BCUT2D eigenvalue weighted by atomic mass is 16.5. The molecule has 0 aromatic carbocycles. The van der Waals surface area contributed by atoms with E-state index in [0.717, 1.165) is 25.7 Å². The SMILES string of the molecule is CCC1(CCO)CCOC(C(C)(CC)CO)COC1. The molecule has 1 aliphatic heterocycles. The van der Waals surface area contributed by atoms with E-state index in [-0.39, 0.29) is 30.1 Å². The molecule has 0 bridgehead atoms. The van der Waals surface area contributed by atoms with Crippen molar-refractivity contribution in [3.8, 4) is 0 Å². The minimum absolute atomic E-state index is 0.0432. The van der Waals surface area contributed by atoms with Gasteiger partial charge in [0, 0.05) is 18.6 Å². The number of hydrogen-bond donors (Lipinski definition) is 2. The van der Waals surface area contributed by atoms with Crippen molar-refractivity contribution in [2.45, 2.75) is 52.6 Å². The molecule has 114 valence electrons. The highest BCUT2D eigenvalue weighted by Gasteiger charge is 2.37. The third kappa shape index (κ3) is 4.15. The third-order valence-electron chi connectivity index (χ3n) is 4.97. The Morgan fingerprint density at radius 3 is 2.58 bits per heavy atom. The van der Waals surface area contributed by atoms with Gasteiger partial charge in [-0.1, -0.05) is 20.8 Å². The lowest BCUT2D eigenvalue weighted by molar-refractivity contribution is -0.138. The summed E-state index contributed by atoms with van der Waals surface area (Å²) in [6.07, 6.45) is 3.49. The maximum atomic E-state index is 9.56. The lowest BCUT2D eigenvalue weighted by Gasteiger charge is -2.40. The van der Waals surface area contributed by atoms with Crippen molar-refractivity contribution >= 4 is 0 Å². The Kier molecular flexibility index (Phi) is 6.74. The topological polar surface area (TPSA) is 58.9 Å². The van der Waals surface area contributed by atoms with Gasteiger partial charge in [-0.3, -0.25) is 0 Å². The Morgan fingerprint density at radius 1 is 1.32 bits per heavy atom. The quantitative estimate of drug-likeness (QED) is 0.777. The van der Waals surface area contributed by atoms with Crippen molar-refractivity contribution < 1.29 is 19.7 Å². The van der Waals surface area contributed by atoms with Crippen LogP contribution in [0.1, 0.15) is 46.5 Å².